The first-order valence-corrected chi connectivity index (χ1v) is 11.3. The highest BCUT2D eigenvalue weighted by atomic mass is 14.2. The molecule has 1 heteroatoms. The van der Waals surface area contributed by atoms with E-state index in [1.807, 2.05) is 0 Å². The molecule has 0 nitrogen and oxygen atoms in total. The number of hydrogen-bond donors (Lipinski definition) is 0. The lowest BCUT2D eigenvalue weighted by molar-refractivity contribution is 0.557. The number of benzene rings is 3. The first-order valence-electron chi connectivity index (χ1n) is 11.3. The van der Waals surface area contributed by atoms with Crippen molar-refractivity contribution in [3.05, 3.63) is 81.4 Å². The molecule has 0 fully saturated rings. The summed E-state index contributed by atoms with van der Waals surface area (Å²) in [5, 5.41) is 0. The Bertz CT molecular complexity index is 992. The molecule has 0 aromatic heterocycles. The molecule has 0 bridgehead atoms. The fourth-order valence-electron chi connectivity index (χ4n) is 4.58. The Labute approximate surface area is 185 Å². The first-order chi connectivity index (χ1) is 14.2. The van der Waals surface area contributed by atoms with E-state index in [0.29, 0.717) is 0 Å². The van der Waals surface area contributed by atoms with E-state index >= 15 is 0 Å². The molecule has 0 heterocycles. The molecule has 0 amide bonds. The van der Waals surface area contributed by atoms with Crippen molar-refractivity contribution < 1.29 is 0 Å². The zero-order chi connectivity index (χ0) is 22.0. The summed E-state index contributed by atoms with van der Waals surface area (Å²) in [4.78, 5) is 0. The van der Waals surface area contributed by atoms with Gasteiger partial charge in [-0.1, -0.05) is 95.9 Å². The molecule has 1 unspecified atom stereocenters. The second-order valence-electron chi connectivity index (χ2n) is 9.14. The van der Waals surface area contributed by atoms with Gasteiger partial charge in [0, 0.05) is 0 Å². The van der Waals surface area contributed by atoms with Crippen LogP contribution in [0, 0.1) is 47.5 Å². The third-order valence-corrected chi connectivity index (χ3v) is 7.08. The van der Waals surface area contributed by atoms with Gasteiger partial charge in [0.05, 0.1) is 0 Å². The van der Waals surface area contributed by atoms with E-state index in [9.17, 15) is 0 Å². The third kappa shape index (κ3) is 4.41. The van der Waals surface area contributed by atoms with E-state index in [-0.39, 0.29) is 0 Å². The molecule has 3 rings (SSSR count). The van der Waals surface area contributed by atoms with E-state index in [2.05, 4.69) is 105 Å². The molecule has 0 saturated carbocycles. The van der Waals surface area contributed by atoms with Crippen molar-refractivity contribution in [2.45, 2.75) is 68.2 Å². The molecular formula is C29H36B. The van der Waals surface area contributed by atoms with Gasteiger partial charge in [0.2, 0.25) is 0 Å². The van der Waals surface area contributed by atoms with E-state index in [1.165, 1.54) is 68.3 Å². The smallest absolute Gasteiger partial charge is 0.0756 e. The average Bonchev–Trinajstić information content (AvgIpc) is 2.74. The second-order valence-corrected chi connectivity index (χ2v) is 9.14. The van der Waals surface area contributed by atoms with Crippen LogP contribution in [-0.2, 0) is 6.42 Å². The average molecular weight is 395 g/mol. The Morgan fingerprint density at radius 1 is 0.700 bits per heavy atom. The normalized spacial score (nSPS) is 12.1. The van der Waals surface area contributed by atoms with Crippen LogP contribution in [0.25, 0.3) is 11.1 Å². The molecule has 0 aliphatic carbocycles. The summed E-state index contributed by atoms with van der Waals surface area (Å²) in [7, 11) is 2.43. The monoisotopic (exact) mass is 395 g/mol. The lowest BCUT2D eigenvalue weighted by Crippen LogP contribution is -2.36. The fourth-order valence-corrected chi connectivity index (χ4v) is 4.58. The van der Waals surface area contributed by atoms with Crippen molar-refractivity contribution in [2.75, 3.05) is 0 Å². The zero-order valence-corrected chi connectivity index (χ0v) is 20.1. The van der Waals surface area contributed by atoms with Gasteiger partial charge in [-0.25, -0.2) is 0 Å². The highest BCUT2D eigenvalue weighted by molar-refractivity contribution is 6.69. The van der Waals surface area contributed by atoms with Gasteiger partial charge in [0.15, 0.2) is 7.28 Å². The van der Waals surface area contributed by atoms with Crippen molar-refractivity contribution in [1.29, 1.82) is 0 Å². The number of hydrogen-bond acceptors (Lipinski definition) is 0. The molecule has 0 N–H and O–H groups in total. The van der Waals surface area contributed by atoms with Crippen LogP contribution >= 0.6 is 0 Å². The molecule has 1 radical (unpaired) electrons. The largest absolute Gasteiger partial charge is 0.192 e. The Kier molecular flexibility index (Phi) is 6.91. The third-order valence-electron chi connectivity index (χ3n) is 7.08. The van der Waals surface area contributed by atoms with E-state index < -0.39 is 0 Å². The van der Waals surface area contributed by atoms with Gasteiger partial charge in [-0.05, 0) is 81.7 Å². The highest BCUT2D eigenvalue weighted by Crippen LogP contribution is 2.25. The summed E-state index contributed by atoms with van der Waals surface area (Å²) in [6, 6.07) is 15.3. The van der Waals surface area contributed by atoms with E-state index in [4.69, 9.17) is 0 Å². The Morgan fingerprint density at radius 2 is 1.23 bits per heavy atom. The molecule has 0 spiro atoms. The summed E-state index contributed by atoms with van der Waals surface area (Å²) < 4.78 is 0. The lowest BCUT2D eigenvalue weighted by atomic mass is 9.57. The fraction of sp³-hybridized carbons (Fsp3) is 0.379. The van der Waals surface area contributed by atoms with Crippen LogP contribution in [-0.4, -0.2) is 7.28 Å². The van der Waals surface area contributed by atoms with Crippen molar-refractivity contribution in [3.8, 4) is 11.1 Å². The molecule has 155 valence electrons. The summed E-state index contributed by atoms with van der Waals surface area (Å²) >= 11 is 0. The van der Waals surface area contributed by atoms with Gasteiger partial charge in [-0.2, -0.15) is 0 Å². The quantitative estimate of drug-likeness (QED) is 0.421. The Morgan fingerprint density at radius 3 is 1.73 bits per heavy atom. The van der Waals surface area contributed by atoms with Gasteiger partial charge in [-0.15, -0.1) is 0 Å². The minimum absolute atomic E-state index is 0.728. The predicted molar refractivity (Wildman–Crippen MR) is 135 cm³/mol. The molecule has 1 atom stereocenters. The van der Waals surface area contributed by atoms with E-state index in [0.717, 1.165) is 5.92 Å². The maximum Gasteiger partial charge on any atom is 0.192 e. The van der Waals surface area contributed by atoms with Crippen LogP contribution in [0.1, 0.15) is 59.2 Å². The first kappa shape index (κ1) is 22.4. The maximum atomic E-state index is 2.43. The molecular weight excluding hydrogens is 359 g/mol. The standard InChI is InChI=1S/C29H36B/c1-9-18(2)15-27-21(5)23(7)29(24(8)22(27)6)30-28-19(3)16-26(17-20(28)4)25-13-11-10-12-14-25/h10-14,16-18H,9,15H2,1-8H3. The van der Waals surface area contributed by atoms with Gasteiger partial charge < -0.3 is 0 Å². The summed E-state index contributed by atoms with van der Waals surface area (Å²) in [6.45, 7) is 18.4. The van der Waals surface area contributed by atoms with Crippen molar-refractivity contribution in [3.63, 3.8) is 0 Å². The summed E-state index contributed by atoms with van der Waals surface area (Å²) in [6.07, 6.45) is 2.41. The maximum absolute atomic E-state index is 2.43. The second kappa shape index (κ2) is 9.25. The summed E-state index contributed by atoms with van der Waals surface area (Å²) in [5.41, 5.74) is 15.4. The van der Waals surface area contributed by atoms with Crippen LogP contribution in [0.4, 0.5) is 0 Å². The van der Waals surface area contributed by atoms with Crippen LogP contribution < -0.4 is 10.9 Å². The molecule has 3 aromatic rings. The molecule has 0 aliphatic rings. The van der Waals surface area contributed by atoms with Gasteiger partial charge >= 0.3 is 0 Å². The molecule has 30 heavy (non-hydrogen) atoms. The van der Waals surface area contributed by atoms with Crippen LogP contribution in [0.3, 0.4) is 0 Å². The minimum atomic E-state index is 0.728. The Balaban J connectivity index is 2.03. The minimum Gasteiger partial charge on any atom is -0.0756 e. The molecule has 3 aromatic carbocycles. The van der Waals surface area contributed by atoms with Crippen molar-refractivity contribution >= 4 is 18.2 Å². The number of aryl methyl sites for hydroxylation is 2. The van der Waals surface area contributed by atoms with Crippen molar-refractivity contribution in [2.24, 2.45) is 5.92 Å². The van der Waals surface area contributed by atoms with Gasteiger partial charge in [0.1, 0.15) is 0 Å². The lowest BCUT2D eigenvalue weighted by Gasteiger charge is -2.23. The van der Waals surface area contributed by atoms with Crippen LogP contribution in [0.2, 0.25) is 0 Å². The predicted octanol–water partition coefficient (Wildman–Crippen LogP) is 6.45. The molecule has 0 aliphatic heterocycles. The zero-order valence-electron chi connectivity index (χ0n) is 20.1. The highest BCUT2D eigenvalue weighted by Gasteiger charge is 2.18. The van der Waals surface area contributed by atoms with Gasteiger partial charge in [0.25, 0.3) is 0 Å². The topological polar surface area (TPSA) is 0 Å². The van der Waals surface area contributed by atoms with Crippen molar-refractivity contribution in [1.82, 2.24) is 0 Å². The van der Waals surface area contributed by atoms with Crippen LogP contribution in [0.15, 0.2) is 42.5 Å². The number of rotatable bonds is 6. The van der Waals surface area contributed by atoms with E-state index in [1.54, 1.807) is 5.56 Å². The van der Waals surface area contributed by atoms with Gasteiger partial charge in [-0.3, -0.25) is 0 Å². The molecule has 0 saturated heterocycles. The van der Waals surface area contributed by atoms with Crippen LogP contribution in [0.5, 0.6) is 0 Å². The Hall–Kier alpha value is -2.28. The summed E-state index contributed by atoms with van der Waals surface area (Å²) in [5.74, 6) is 0.728. The SMILES string of the molecule is CCC(C)Cc1c(C)c(C)c([B]c2c(C)cc(-c3ccccc3)cc2C)c(C)c1C.